The Hall–Kier alpha value is -1.86. The SMILES string of the molecule is Fc1cc2c(N3CC(c4ccncc4)C3)nc(Cl)nc2c(F)c1Br. The van der Waals surface area contributed by atoms with Crippen LogP contribution in [0.5, 0.6) is 0 Å². The van der Waals surface area contributed by atoms with E-state index in [2.05, 4.69) is 30.9 Å². The topological polar surface area (TPSA) is 41.9 Å². The fourth-order valence-electron chi connectivity index (χ4n) is 2.87. The Morgan fingerprint density at radius 2 is 1.88 bits per heavy atom. The first-order valence-corrected chi connectivity index (χ1v) is 8.37. The van der Waals surface area contributed by atoms with Crippen molar-refractivity contribution in [1.82, 2.24) is 15.0 Å². The van der Waals surface area contributed by atoms with E-state index in [1.54, 1.807) is 12.4 Å². The van der Waals surface area contributed by atoms with E-state index in [4.69, 9.17) is 11.6 Å². The van der Waals surface area contributed by atoms with E-state index < -0.39 is 11.6 Å². The molecule has 2 aromatic heterocycles. The Morgan fingerprint density at radius 1 is 1.17 bits per heavy atom. The highest BCUT2D eigenvalue weighted by Crippen LogP contribution is 2.37. The van der Waals surface area contributed by atoms with Gasteiger partial charge in [-0.1, -0.05) is 0 Å². The second kappa shape index (κ2) is 5.89. The van der Waals surface area contributed by atoms with Crippen molar-refractivity contribution in [2.75, 3.05) is 18.0 Å². The van der Waals surface area contributed by atoms with Gasteiger partial charge in [0.25, 0.3) is 0 Å². The third-order valence-electron chi connectivity index (χ3n) is 4.14. The summed E-state index contributed by atoms with van der Waals surface area (Å²) in [5.74, 6) is -0.706. The van der Waals surface area contributed by atoms with Crippen molar-refractivity contribution >= 4 is 44.3 Å². The molecule has 1 aromatic carbocycles. The Kier molecular flexibility index (Phi) is 3.85. The van der Waals surface area contributed by atoms with Gasteiger partial charge in [0, 0.05) is 36.8 Å². The van der Waals surface area contributed by atoms with Gasteiger partial charge in [-0.15, -0.1) is 0 Å². The van der Waals surface area contributed by atoms with Crippen LogP contribution in [0.2, 0.25) is 5.28 Å². The highest BCUT2D eigenvalue weighted by molar-refractivity contribution is 9.10. The number of halogens is 4. The Bertz CT molecular complexity index is 933. The molecule has 0 radical (unpaired) electrons. The lowest BCUT2D eigenvalue weighted by molar-refractivity contribution is 0.520. The summed E-state index contributed by atoms with van der Waals surface area (Å²) in [7, 11) is 0. The molecule has 8 heteroatoms. The maximum Gasteiger partial charge on any atom is 0.225 e. The number of hydrogen-bond acceptors (Lipinski definition) is 4. The molecule has 0 aliphatic carbocycles. The molecule has 4 nitrogen and oxygen atoms in total. The molecule has 1 aliphatic rings. The number of fused-ring (bicyclic) bond motifs is 1. The Morgan fingerprint density at radius 3 is 2.58 bits per heavy atom. The second-order valence-corrected chi connectivity index (χ2v) is 6.71. The first-order chi connectivity index (χ1) is 11.5. The van der Waals surface area contributed by atoms with Gasteiger partial charge in [0.1, 0.15) is 17.2 Å². The van der Waals surface area contributed by atoms with E-state index in [1.807, 2.05) is 17.0 Å². The van der Waals surface area contributed by atoms with Gasteiger partial charge < -0.3 is 4.90 Å². The molecule has 0 saturated carbocycles. The molecular weight excluding hydrogens is 402 g/mol. The fraction of sp³-hybridized carbons (Fsp3) is 0.188. The maximum absolute atomic E-state index is 14.3. The number of anilines is 1. The molecule has 0 unspecified atom stereocenters. The lowest BCUT2D eigenvalue weighted by Gasteiger charge is -2.40. The number of hydrogen-bond donors (Lipinski definition) is 0. The molecule has 1 fully saturated rings. The summed E-state index contributed by atoms with van der Waals surface area (Å²) in [4.78, 5) is 14.0. The van der Waals surface area contributed by atoms with Gasteiger partial charge in [-0.3, -0.25) is 4.98 Å². The Labute approximate surface area is 149 Å². The van der Waals surface area contributed by atoms with Crippen LogP contribution in [0.1, 0.15) is 11.5 Å². The van der Waals surface area contributed by atoms with Crippen molar-refractivity contribution < 1.29 is 8.78 Å². The highest BCUT2D eigenvalue weighted by Gasteiger charge is 2.31. The summed E-state index contributed by atoms with van der Waals surface area (Å²) >= 11 is 8.82. The summed E-state index contributed by atoms with van der Waals surface area (Å²) < 4.78 is 27.9. The van der Waals surface area contributed by atoms with Gasteiger partial charge in [0.05, 0.1) is 4.47 Å². The van der Waals surface area contributed by atoms with Crippen molar-refractivity contribution in [2.24, 2.45) is 0 Å². The van der Waals surface area contributed by atoms with Gasteiger partial charge >= 0.3 is 0 Å². The van der Waals surface area contributed by atoms with Gasteiger partial charge in [-0.25, -0.2) is 13.8 Å². The smallest absolute Gasteiger partial charge is 0.225 e. The van der Waals surface area contributed by atoms with E-state index in [-0.39, 0.29) is 15.3 Å². The van der Waals surface area contributed by atoms with Crippen LogP contribution in [0, 0.1) is 11.6 Å². The fourth-order valence-corrected chi connectivity index (χ4v) is 3.34. The summed E-state index contributed by atoms with van der Waals surface area (Å²) in [5.41, 5.74) is 1.18. The molecule has 0 spiro atoms. The predicted octanol–water partition coefficient (Wildman–Crippen LogP) is 4.32. The quantitative estimate of drug-likeness (QED) is 0.465. The first-order valence-electron chi connectivity index (χ1n) is 7.20. The van der Waals surface area contributed by atoms with Crippen molar-refractivity contribution in [1.29, 1.82) is 0 Å². The molecule has 0 amide bonds. The standard InChI is InChI=1S/C16H10BrClF2N4/c17-12-11(19)5-10-14(13(12)20)22-16(18)23-15(10)24-6-9(7-24)8-1-3-21-4-2-8/h1-5,9H,6-7H2. The molecule has 0 atom stereocenters. The molecule has 3 aromatic rings. The second-order valence-electron chi connectivity index (χ2n) is 5.58. The average Bonchev–Trinajstić information content (AvgIpc) is 2.53. The van der Waals surface area contributed by atoms with Crippen LogP contribution in [-0.2, 0) is 0 Å². The summed E-state index contributed by atoms with van der Waals surface area (Å²) in [5, 5.41) is 0.244. The zero-order valence-corrected chi connectivity index (χ0v) is 14.5. The predicted molar refractivity (Wildman–Crippen MR) is 91.4 cm³/mol. The molecule has 3 heterocycles. The number of nitrogens with zero attached hydrogens (tertiary/aromatic N) is 4. The highest BCUT2D eigenvalue weighted by atomic mass is 79.9. The number of rotatable bonds is 2. The summed E-state index contributed by atoms with van der Waals surface area (Å²) in [6.45, 7) is 1.37. The van der Waals surface area contributed by atoms with Crippen molar-refractivity contribution in [2.45, 2.75) is 5.92 Å². The summed E-state index contributed by atoms with van der Waals surface area (Å²) in [6.07, 6.45) is 3.49. The summed E-state index contributed by atoms with van der Waals surface area (Å²) in [6, 6.07) is 5.15. The maximum atomic E-state index is 14.3. The number of pyridine rings is 1. The van der Waals surface area contributed by atoms with Crippen molar-refractivity contribution in [3.05, 3.63) is 57.5 Å². The third kappa shape index (κ3) is 2.52. The van der Waals surface area contributed by atoms with E-state index >= 15 is 0 Å². The zero-order chi connectivity index (χ0) is 16.8. The minimum absolute atomic E-state index is 0.00522. The minimum atomic E-state index is -0.776. The Balaban J connectivity index is 1.73. The number of aromatic nitrogens is 3. The molecule has 0 bridgehead atoms. The van der Waals surface area contributed by atoms with E-state index in [9.17, 15) is 8.78 Å². The third-order valence-corrected chi connectivity index (χ3v) is 5.03. The zero-order valence-electron chi connectivity index (χ0n) is 12.2. The van der Waals surface area contributed by atoms with E-state index in [0.29, 0.717) is 30.2 Å². The number of benzene rings is 1. The molecule has 24 heavy (non-hydrogen) atoms. The molecule has 1 aliphatic heterocycles. The van der Waals surface area contributed by atoms with Crippen LogP contribution < -0.4 is 4.90 Å². The normalized spacial score (nSPS) is 14.9. The van der Waals surface area contributed by atoms with E-state index in [1.165, 1.54) is 11.6 Å². The first kappa shape index (κ1) is 15.7. The van der Waals surface area contributed by atoms with Crippen molar-refractivity contribution in [3.8, 4) is 0 Å². The molecule has 122 valence electrons. The largest absolute Gasteiger partial charge is 0.355 e. The lowest BCUT2D eigenvalue weighted by Crippen LogP contribution is -2.45. The van der Waals surface area contributed by atoms with Crippen LogP contribution in [0.4, 0.5) is 14.6 Å². The minimum Gasteiger partial charge on any atom is -0.355 e. The van der Waals surface area contributed by atoms with Crippen LogP contribution in [-0.4, -0.2) is 28.0 Å². The molecule has 4 rings (SSSR count). The van der Waals surface area contributed by atoms with Gasteiger partial charge in [-0.05, 0) is 51.3 Å². The molecule has 1 saturated heterocycles. The molecule has 0 N–H and O–H groups in total. The van der Waals surface area contributed by atoms with Gasteiger partial charge in [0.2, 0.25) is 5.28 Å². The molecular formula is C16H10BrClF2N4. The lowest BCUT2D eigenvalue weighted by atomic mass is 9.92. The van der Waals surface area contributed by atoms with Gasteiger partial charge in [0.15, 0.2) is 5.82 Å². The van der Waals surface area contributed by atoms with Crippen LogP contribution in [0.25, 0.3) is 10.9 Å². The van der Waals surface area contributed by atoms with Gasteiger partial charge in [-0.2, -0.15) is 4.98 Å². The van der Waals surface area contributed by atoms with E-state index in [0.717, 1.165) is 0 Å². The van der Waals surface area contributed by atoms with Crippen LogP contribution >= 0.6 is 27.5 Å². The monoisotopic (exact) mass is 410 g/mol. The van der Waals surface area contributed by atoms with Crippen molar-refractivity contribution in [3.63, 3.8) is 0 Å². The van der Waals surface area contributed by atoms with Crippen LogP contribution in [0.3, 0.4) is 0 Å². The average molecular weight is 412 g/mol. The van der Waals surface area contributed by atoms with Crippen LogP contribution in [0.15, 0.2) is 35.1 Å².